The van der Waals surface area contributed by atoms with E-state index in [1.54, 1.807) is 0 Å². The molecule has 7 nitrogen and oxygen atoms in total. The molecule has 0 aromatic rings. The molecule has 0 aromatic carbocycles. The molecule has 1 saturated heterocycles. The van der Waals surface area contributed by atoms with Crippen molar-refractivity contribution in [3.05, 3.63) is 23.3 Å². The van der Waals surface area contributed by atoms with Crippen LogP contribution in [0.3, 0.4) is 0 Å². The predicted octanol–water partition coefficient (Wildman–Crippen LogP) is -0.573. The average Bonchev–Trinajstić information content (AvgIpc) is 2.80. The van der Waals surface area contributed by atoms with Crippen molar-refractivity contribution in [3.63, 3.8) is 0 Å². The molecule has 0 radical (unpaired) electrons. The van der Waals surface area contributed by atoms with Gasteiger partial charge in [-0.3, -0.25) is 4.79 Å². The highest BCUT2D eigenvalue weighted by Gasteiger charge is 2.46. The van der Waals surface area contributed by atoms with Crippen LogP contribution in [0.15, 0.2) is 23.3 Å². The van der Waals surface area contributed by atoms with Crippen molar-refractivity contribution < 1.29 is 34.7 Å². The lowest BCUT2D eigenvalue weighted by Crippen LogP contribution is -2.59. The Balaban J connectivity index is 2.04. The van der Waals surface area contributed by atoms with Gasteiger partial charge in [-0.05, 0) is 20.3 Å². The summed E-state index contributed by atoms with van der Waals surface area (Å²) in [5.41, 5.74) is 1.60. The largest absolute Gasteiger partial charge is 0.394 e. The Kier molecular flexibility index (Phi) is 6.07. The van der Waals surface area contributed by atoms with Crippen LogP contribution >= 0.6 is 0 Å². The molecule has 1 aliphatic carbocycles. The molecule has 4 N–H and O–H groups in total. The van der Waals surface area contributed by atoms with E-state index in [9.17, 15) is 20.1 Å². The van der Waals surface area contributed by atoms with Gasteiger partial charge in [-0.2, -0.15) is 0 Å². The summed E-state index contributed by atoms with van der Waals surface area (Å²) in [6.45, 7) is 3.19. The second kappa shape index (κ2) is 7.65. The van der Waals surface area contributed by atoms with Crippen molar-refractivity contribution in [1.82, 2.24) is 0 Å². The zero-order valence-electron chi connectivity index (χ0n) is 13.3. The standard InChI is InChI=1S/C16H24O7/c1-3-4-5-9-8(2)6-10(12(9)18)22-16-15(21)14(20)13(19)11(7-17)23-16/h3-4,10-11,13-17,19-21H,5-7H2,1-2H3/t10?,11-,13-,14+,15-,16?/m1/s1. The molecule has 0 bridgehead atoms. The van der Waals surface area contributed by atoms with Crippen LogP contribution in [0.2, 0.25) is 0 Å². The maximum absolute atomic E-state index is 12.4. The third-order valence-corrected chi connectivity index (χ3v) is 4.30. The number of rotatable bonds is 5. The molecular formula is C16H24O7. The molecule has 0 spiro atoms. The quantitative estimate of drug-likeness (QED) is 0.499. The topological polar surface area (TPSA) is 116 Å². The van der Waals surface area contributed by atoms with Gasteiger partial charge in [0.05, 0.1) is 6.61 Å². The van der Waals surface area contributed by atoms with Crippen molar-refractivity contribution in [1.29, 1.82) is 0 Å². The summed E-state index contributed by atoms with van der Waals surface area (Å²) in [4.78, 5) is 12.4. The van der Waals surface area contributed by atoms with E-state index in [0.717, 1.165) is 5.57 Å². The third-order valence-electron chi connectivity index (χ3n) is 4.30. The fourth-order valence-electron chi connectivity index (χ4n) is 2.86. The van der Waals surface area contributed by atoms with Gasteiger partial charge >= 0.3 is 0 Å². The first-order chi connectivity index (χ1) is 10.9. The Morgan fingerprint density at radius 2 is 1.96 bits per heavy atom. The molecule has 1 aliphatic heterocycles. The summed E-state index contributed by atoms with van der Waals surface area (Å²) in [7, 11) is 0. The number of carbonyl (C=O) groups excluding carboxylic acids is 1. The molecule has 2 aliphatic rings. The van der Waals surface area contributed by atoms with Crippen LogP contribution in [0.4, 0.5) is 0 Å². The predicted molar refractivity (Wildman–Crippen MR) is 80.4 cm³/mol. The molecule has 130 valence electrons. The van der Waals surface area contributed by atoms with Crippen molar-refractivity contribution in [2.75, 3.05) is 6.61 Å². The van der Waals surface area contributed by atoms with Gasteiger partial charge in [-0.15, -0.1) is 0 Å². The summed E-state index contributed by atoms with van der Waals surface area (Å²) in [5, 5.41) is 38.6. The van der Waals surface area contributed by atoms with Crippen molar-refractivity contribution in [3.8, 4) is 0 Å². The minimum Gasteiger partial charge on any atom is -0.394 e. The zero-order valence-corrected chi connectivity index (χ0v) is 13.3. The van der Waals surface area contributed by atoms with E-state index in [-0.39, 0.29) is 5.78 Å². The van der Waals surface area contributed by atoms with E-state index in [0.29, 0.717) is 18.4 Å². The fraction of sp³-hybridized carbons (Fsp3) is 0.688. The normalized spacial score (nSPS) is 38.8. The smallest absolute Gasteiger partial charge is 0.188 e. The molecule has 0 aromatic heterocycles. The monoisotopic (exact) mass is 328 g/mol. The minimum absolute atomic E-state index is 0.169. The molecule has 6 atom stereocenters. The number of aliphatic hydroxyl groups is 4. The highest BCUT2D eigenvalue weighted by atomic mass is 16.7. The Bertz CT molecular complexity index is 497. The van der Waals surface area contributed by atoms with E-state index >= 15 is 0 Å². The SMILES string of the molecule is CC=CCC1=C(C)CC(OC2O[C@H](CO)[C@@H](O)[C@H](O)[C@H]2O)C1=O. The summed E-state index contributed by atoms with van der Waals surface area (Å²) >= 11 is 0. The number of aliphatic hydroxyl groups excluding tert-OH is 4. The van der Waals surface area contributed by atoms with Gasteiger partial charge in [0.2, 0.25) is 0 Å². The molecule has 1 fully saturated rings. The number of carbonyl (C=O) groups is 1. The fourth-order valence-corrected chi connectivity index (χ4v) is 2.86. The van der Waals surface area contributed by atoms with Gasteiger partial charge < -0.3 is 29.9 Å². The van der Waals surface area contributed by atoms with Gasteiger partial charge in [0.15, 0.2) is 12.1 Å². The first-order valence-electron chi connectivity index (χ1n) is 7.70. The Morgan fingerprint density at radius 3 is 2.57 bits per heavy atom. The summed E-state index contributed by atoms with van der Waals surface area (Å²) < 4.78 is 10.8. The average molecular weight is 328 g/mol. The Morgan fingerprint density at radius 1 is 1.26 bits per heavy atom. The highest BCUT2D eigenvalue weighted by Crippen LogP contribution is 2.31. The van der Waals surface area contributed by atoms with Crippen LogP contribution in [-0.4, -0.2) is 69.6 Å². The summed E-state index contributed by atoms with van der Waals surface area (Å²) in [6, 6.07) is 0. The summed E-state index contributed by atoms with van der Waals surface area (Å²) in [6.07, 6.45) is -2.93. The second-order valence-electron chi connectivity index (χ2n) is 5.92. The van der Waals surface area contributed by atoms with Gasteiger partial charge in [0, 0.05) is 12.0 Å². The molecule has 2 rings (SSSR count). The van der Waals surface area contributed by atoms with E-state index in [4.69, 9.17) is 14.6 Å². The maximum Gasteiger partial charge on any atom is 0.188 e. The van der Waals surface area contributed by atoms with Gasteiger partial charge in [0.25, 0.3) is 0 Å². The maximum atomic E-state index is 12.4. The number of hydrogen-bond acceptors (Lipinski definition) is 7. The van der Waals surface area contributed by atoms with Crippen LogP contribution < -0.4 is 0 Å². The van der Waals surface area contributed by atoms with Crippen LogP contribution in [0, 0.1) is 0 Å². The molecular weight excluding hydrogens is 304 g/mol. The van der Waals surface area contributed by atoms with E-state index in [1.165, 1.54) is 0 Å². The number of hydrogen-bond donors (Lipinski definition) is 4. The van der Waals surface area contributed by atoms with Crippen LogP contribution in [0.25, 0.3) is 0 Å². The molecule has 2 unspecified atom stereocenters. The lowest BCUT2D eigenvalue weighted by Gasteiger charge is -2.40. The molecule has 23 heavy (non-hydrogen) atoms. The number of allylic oxidation sites excluding steroid dienone is 2. The van der Waals surface area contributed by atoms with Crippen molar-refractivity contribution in [2.24, 2.45) is 0 Å². The first-order valence-corrected chi connectivity index (χ1v) is 7.70. The second-order valence-corrected chi connectivity index (χ2v) is 5.92. The lowest BCUT2D eigenvalue weighted by molar-refractivity contribution is -0.307. The molecule has 0 amide bonds. The van der Waals surface area contributed by atoms with Crippen LogP contribution in [-0.2, 0) is 14.3 Å². The lowest BCUT2D eigenvalue weighted by atomic mass is 9.99. The van der Waals surface area contributed by atoms with Crippen LogP contribution in [0.1, 0.15) is 26.7 Å². The molecule has 1 heterocycles. The van der Waals surface area contributed by atoms with Crippen molar-refractivity contribution >= 4 is 5.78 Å². The Labute approximate surface area is 134 Å². The van der Waals surface area contributed by atoms with Crippen LogP contribution in [0.5, 0.6) is 0 Å². The molecule has 7 heteroatoms. The van der Waals surface area contributed by atoms with E-state index in [2.05, 4.69) is 0 Å². The van der Waals surface area contributed by atoms with E-state index in [1.807, 2.05) is 26.0 Å². The van der Waals surface area contributed by atoms with Gasteiger partial charge in [-0.1, -0.05) is 17.7 Å². The van der Waals surface area contributed by atoms with E-state index < -0.39 is 43.4 Å². The van der Waals surface area contributed by atoms with Gasteiger partial charge in [0.1, 0.15) is 30.5 Å². The first kappa shape index (κ1) is 18.3. The van der Waals surface area contributed by atoms with Gasteiger partial charge in [-0.25, -0.2) is 0 Å². The minimum atomic E-state index is -1.51. The molecule has 0 saturated carbocycles. The zero-order chi connectivity index (χ0) is 17.1. The Hall–Kier alpha value is -1.09. The number of Topliss-reactive ketones (excluding diaryl/α,β-unsaturated/α-hetero) is 1. The third kappa shape index (κ3) is 3.71. The number of ether oxygens (including phenoxy) is 2. The number of ketones is 1. The van der Waals surface area contributed by atoms with Crippen molar-refractivity contribution in [2.45, 2.75) is 63.5 Å². The summed E-state index contributed by atoms with van der Waals surface area (Å²) in [5.74, 6) is -0.169. The highest BCUT2D eigenvalue weighted by molar-refractivity contribution is 6.02.